The molecule has 0 radical (unpaired) electrons. The molecule has 1 atom stereocenters. The van der Waals surface area contributed by atoms with Crippen LogP contribution >= 0.6 is 11.6 Å². The average molecular weight is 351 g/mol. The van der Waals surface area contributed by atoms with Crippen molar-refractivity contribution in [3.63, 3.8) is 0 Å². The molecule has 1 aliphatic heterocycles. The maximum absolute atomic E-state index is 12.6. The van der Waals surface area contributed by atoms with E-state index in [9.17, 15) is 4.79 Å². The summed E-state index contributed by atoms with van der Waals surface area (Å²) in [6.07, 6.45) is 7.25. The Morgan fingerprint density at radius 1 is 1.21 bits per heavy atom. The number of hydrogen-bond donors (Lipinski definition) is 0. The van der Waals surface area contributed by atoms with E-state index < -0.39 is 0 Å². The average Bonchev–Trinajstić information content (AvgIpc) is 3.23. The van der Waals surface area contributed by atoms with Crippen LogP contribution in [-0.4, -0.2) is 61.4 Å². The van der Waals surface area contributed by atoms with Crippen molar-refractivity contribution in [1.29, 1.82) is 0 Å². The van der Waals surface area contributed by atoms with Crippen molar-refractivity contribution in [2.24, 2.45) is 0 Å². The quantitative estimate of drug-likeness (QED) is 0.823. The van der Waals surface area contributed by atoms with Gasteiger partial charge in [0.1, 0.15) is 6.04 Å². The highest BCUT2D eigenvalue weighted by molar-refractivity contribution is 6.30. The molecule has 0 N–H and O–H groups in total. The van der Waals surface area contributed by atoms with E-state index in [1.807, 2.05) is 22.7 Å². The molecule has 0 saturated carbocycles. The van der Waals surface area contributed by atoms with Crippen molar-refractivity contribution >= 4 is 17.5 Å². The van der Waals surface area contributed by atoms with Crippen LogP contribution in [-0.2, 0) is 17.9 Å². The monoisotopic (exact) mass is 350 g/mol. The summed E-state index contributed by atoms with van der Waals surface area (Å²) in [5.41, 5.74) is 1.22. The van der Waals surface area contributed by atoms with Crippen molar-refractivity contribution in [3.8, 4) is 0 Å². The van der Waals surface area contributed by atoms with Crippen molar-refractivity contribution < 1.29 is 4.79 Å². The second-order valence-electron chi connectivity index (χ2n) is 6.12. The first-order chi connectivity index (χ1) is 11.6. The van der Waals surface area contributed by atoms with Gasteiger partial charge in [-0.15, -0.1) is 0 Å². The molecule has 3 rings (SSSR count). The molecule has 130 valence electrons. The second kappa shape index (κ2) is 7.36. The summed E-state index contributed by atoms with van der Waals surface area (Å²) < 4.78 is 3.56. The van der Waals surface area contributed by atoms with Gasteiger partial charge in [0.25, 0.3) is 0 Å². The van der Waals surface area contributed by atoms with Crippen LogP contribution in [0.5, 0.6) is 0 Å². The van der Waals surface area contributed by atoms with Crippen LogP contribution in [0.3, 0.4) is 0 Å². The van der Waals surface area contributed by atoms with Crippen LogP contribution in [0, 0.1) is 0 Å². The maximum Gasteiger partial charge on any atom is 0.247 e. The SMILES string of the molecule is CCn1cc(CN2CCN(C(=O)[C@H](C)n3cc(Cl)cn3)CC2)cn1. The second-order valence-corrected chi connectivity index (χ2v) is 6.56. The molecule has 24 heavy (non-hydrogen) atoms. The first-order valence-corrected chi connectivity index (χ1v) is 8.66. The largest absolute Gasteiger partial charge is 0.338 e. The predicted molar refractivity (Wildman–Crippen MR) is 91.7 cm³/mol. The highest BCUT2D eigenvalue weighted by atomic mass is 35.5. The fraction of sp³-hybridized carbons (Fsp3) is 0.562. The Morgan fingerprint density at radius 3 is 2.54 bits per heavy atom. The summed E-state index contributed by atoms with van der Waals surface area (Å²) >= 11 is 5.88. The minimum atomic E-state index is -0.327. The van der Waals surface area contributed by atoms with Gasteiger partial charge in [0.05, 0.1) is 17.4 Å². The number of nitrogens with zero attached hydrogens (tertiary/aromatic N) is 6. The van der Waals surface area contributed by atoms with E-state index in [1.165, 1.54) is 5.56 Å². The van der Waals surface area contributed by atoms with E-state index >= 15 is 0 Å². The first kappa shape index (κ1) is 17.0. The van der Waals surface area contributed by atoms with Gasteiger partial charge < -0.3 is 4.90 Å². The molecule has 1 saturated heterocycles. The maximum atomic E-state index is 12.6. The summed E-state index contributed by atoms with van der Waals surface area (Å²) in [4.78, 5) is 16.9. The number of halogens is 1. The number of rotatable bonds is 5. The molecule has 3 heterocycles. The lowest BCUT2D eigenvalue weighted by Gasteiger charge is -2.35. The summed E-state index contributed by atoms with van der Waals surface area (Å²) in [6.45, 7) is 8.92. The van der Waals surface area contributed by atoms with Crippen LogP contribution in [0.1, 0.15) is 25.5 Å². The normalized spacial score (nSPS) is 17.2. The zero-order valence-electron chi connectivity index (χ0n) is 14.1. The number of hydrogen-bond acceptors (Lipinski definition) is 4. The van der Waals surface area contributed by atoms with Gasteiger partial charge in [-0.25, -0.2) is 0 Å². The third-order valence-electron chi connectivity index (χ3n) is 4.43. The molecule has 0 aromatic carbocycles. The molecule has 8 heteroatoms. The van der Waals surface area contributed by atoms with Crippen LogP contribution < -0.4 is 0 Å². The standard InChI is InChI=1S/C16H23ClN6O/c1-3-22-11-14(8-18-22)10-20-4-6-21(7-5-20)16(24)13(2)23-12-15(17)9-19-23/h8-9,11-13H,3-7,10H2,1-2H3/t13-/m0/s1. The summed E-state index contributed by atoms with van der Waals surface area (Å²) in [5, 5.41) is 8.99. The smallest absolute Gasteiger partial charge is 0.247 e. The molecule has 0 bridgehead atoms. The van der Waals surface area contributed by atoms with Gasteiger partial charge in [0, 0.05) is 57.2 Å². The summed E-state index contributed by atoms with van der Waals surface area (Å²) in [6, 6.07) is -0.327. The van der Waals surface area contributed by atoms with Crippen molar-refractivity contribution in [2.45, 2.75) is 33.0 Å². The van der Waals surface area contributed by atoms with Crippen molar-refractivity contribution in [3.05, 3.63) is 35.4 Å². The Morgan fingerprint density at radius 2 is 1.96 bits per heavy atom. The van der Waals surface area contributed by atoms with E-state index in [0.29, 0.717) is 5.02 Å². The van der Waals surface area contributed by atoms with E-state index in [4.69, 9.17) is 11.6 Å². The van der Waals surface area contributed by atoms with Gasteiger partial charge in [0.2, 0.25) is 5.91 Å². The van der Waals surface area contributed by atoms with Crippen molar-refractivity contribution in [1.82, 2.24) is 29.4 Å². The van der Waals surface area contributed by atoms with Gasteiger partial charge in [0.15, 0.2) is 0 Å². The number of aromatic nitrogens is 4. The summed E-state index contributed by atoms with van der Waals surface area (Å²) in [7, 11) is 0. The van der Waals surface area contributed by atoms with Crippen LogP contribution in [0.15, 0.2) is 24.8 Å². The molecule has 1 amide bonds. The Kier molecular flexibility index (Phi) is 5.20. The zero-order valence-corrected chi connectivity index (χ0v) is 14.9. The number of amides is 1. The lowest BCUT2D eigenvalue weighted by molar-refractivity contribution is -0.136. The lowest BCUT2D eigenvalue weighted by atomic mass is 10.2. The summed E-state index contributed by atoms with van der Waals surface area (Å²) in [5.74, 6) is 0.0909. The molecule has 2 aromatic heterocycles. The molecule has 0 unspecified atom stereocenters. The minimum Gasteiger partial charge on any atom is -0.338 e. The highest BCUT2D eigenvalue weighted by Crippen LogP contribution is 2.15. The number of aryl methyl sites for hydroxylation is 1. The van der Waals surface area contributed by atoms with Crippen LogP contribution in [0.4, 0.5) is 0 Å². The molecular weight excluding hydrogens is 328 g/mol. The topological polar surface area (TPSA) is 59.2 Å². The third kappa shape index (κ3) is 3.79. The molecule has 2 aromatic rings. The van der Waals surface area contributed by atoms with Gasteiger partial charge >= 0.3 is 0 Å². The predicted octanol–water partition coefficient (Wildman–Crippen LogP) is 1.66. The Balaban J connectivity index is 1.51. The number of carbonyl (C=O) groups is 1. The minimum absolute atomic E-state index is 0.0909. The molecule has 0 aliphatic carbocycles. The van der Waals surface area contributed by atoms with Gasteiger partial charge in [-0.1, -0.05) is 11.6 Å². The third-order valence-corrected chi connectivity index (χ3v) is 4.62. The fourth-order valence-electron chi connectivity index (χ4n) is 2.95. The van der Waals surface area contributed by atoms with Gasteiger partial charge in [-0.2, -0.15) is 10.2 Å². The highest BCUT2D eigenvalue weighted by Gasteiger charge is 2.26. The molecule has 1 fully saturated rings. The number of piperazine rings is 1. The van der Waals surface area contributed by atoms with Crippen LogP contribution in [0.25, 0.3) is 0 Å². The van der Waals surface area contributed by atoms with Crippen molar-refractivity contribution in [2.75, 3.05) is 26.2 Å². The fourth-order valence-corrected chi connectivity index (χ4v) is 3.09. The zero-order chi connectivity index (χ0) is 17.1. The first-order valence-electron chi connectivity index (χ1n) is 8.29. The van der Waals surface area contributed by atoms with Gasteiger partial charge in [-0.3, -0.25) is 19.1 Å². The van der Waals surface area contributed by atoms with E-state index in [0.717, 1.165) is 39.3 Å². The lowest BCUT2D eigenvalue weighted by Crippen LogP contribution is -2.49. The Hall–Kier alpha value is -1.86. The molecule has 7 nitrogen and oxygen atoms in total. The van der Waals surface area contributed by atoms with E-state index in [1.54, 1.807) is 17.1 Å². The Bertz CT molecular complexity index is 688. The molecular formula is C16H23ClN6O. The Labute approximate surface area is 146 Å². The molecule has 0 spiro atoms. The molecule has 1 aliphatic rings. The van der Waals surface area contributed by atoms with Crippen LogP contribution in [0.2, 0.25) is 5.02 Å². The van der Waals surface area contributed by atoms with E-state index in [2.05, 4.69) is 28.2 Å². The van der Waals surface area contributed by atoms with Gasteiger partial charge in [-0.05, 0) is 13.8 Å². The number of carbonyl (C=O) groups excluding carboxylic acids is 1. The van der Waals surface area contributed by atoms with E-state index in [-0.39, 0.29) is 11.9 Å².